The average Bonchev–Trinajstić information content (AvgIpc) is 2.15. The summed E-state index contributed by atoms with van der Waals surface area (Å²) in [4.78, 5) is 13.3. The van der Waals surface area contributed by atoms with E-state index >= 15 is 0 Å². The zero-order valence-corrected chi connectivity index (χ0v) is 11.3. The third-order valence-electron chi connectivity index (χ3n) is 2.77. The highest BCUT2D eigenvalue weighted by atomic mass is 32.1. The number of carbonyl (C=O) groups is 1. The van der Waals surface area contributed by atoms with Crippen LogP contribution < -0.4 is 11.5 Å². The Morgan fingerprint density at radius 2 is 1.94 bits per heavy atom. The van der Waals surface area contributed by atoms with Crippen LogP contribution in [0.2, 0.25) is 0 Å². The Bertz CT molecular complexity index is 254. The van der Waals surface area contributed by atoms with E-state index in [0.717, 1.165) is 25.9 Å². The maximum absolute atomic E-state index is 10.8. The summed E-state index contributed by atoms with van der Waals surface area (Å²) in [6.07, 6.45) is 1.89. The molecule has 0 bridgehead atoms. The van der Waals surface area contributed by atoms with Gasteiger partial charge in [-0.25, -0.2) is 0 Å². The van der Waals surface area contributed by atoms with E-state index in [0.29, 0.717) is 11.5 Å². The van der Waals surface area contributed by atoms with Gasteiger partial charge in [-0.05, 0) is 25.9 Å². The lowest BCUT2D eigenvalue weighted by Gasteiger charge is -2.25. The fourth-order valence-corrected chi connectivity index (χ4v) is 1.54. The van der Waals surface area contributed by atoms with Crippen LogP contribution in [-0.4, -0.2) is 35.4 Å². The van der Waals surface area contributed by atoms with Crippen molar-refractivity contribution in [2.24, 2.45) is 16.9 Å². The molecular weight excluding hydrogens is 222 g/mol. The van der Waals surface area contributed by atoms with Crippen LogP contribution in [0, 0.1) is 5.41 Å². The van der Waals surface area contributed by atoms with E-state index in [9.17, 15) is 4.79 Å². The number of hydrogen-bond acceptors (Lipinski definition) is 3. The Kier molecular flexibility index (Phi) is 6.52. The Morgan fingerprint density at radius 3 is 2.31 bits per heavy atom. The molecule has 0 aliphatic rings. The van der Waals surface area contributed by atoms with Gasteiger partial charge >= 0.3 is 0 Å². The lowest BCUT2D eigenvalue weighted by molar-refractivity contribution is -0.119. The van der Waals surface area contributed by atoms with Crippen molar-refractivity contribution in [2.45, 2.75) is 33.6 Å². The van der Waals surface area contributed by atoms with Gasteiger partial charge in [0.05, 0.1) is 11.5 Å². The summed E-state index contributed by atoms with van der Waals surface area (Å²) < 4.78 is 0. The lowest BCUT2D eigenvalue weighted by Crippen LogP contribution is -2.35. The van der Waals surface area contributed by atoms with Gasteiger partial charge in [0, 0.05) is 5.41 Å². The van der Waals surface area contributed by atoms with Crippen LogP contribution in [0.3, 0.4) is 0 Å². The highest BCUT2D eigenvalue weighted by molar-refractivity contribution is 7.80. The molecule has 0 aromatic heterocycles. The number of nitrogens with two attached hydrogens (primary N) is 2. The highest BCUT2D eigenvalue weighted by Crippen LogP contribution is 2.22. The Balaban J connectivity index is 3.95. The molecule has 0 rings (SSSR count). The second kappa shape index (κ2) is 6.81. The van der Waals surface area contributed by atoms with Crippen molar-refractivity contribution < 1.29 is 4.79 Å². The van der Waals surface area contributed by atoms with Crippen LogP contribution >= 0.6 is 12.2 Å². The van der Waals surface area contributed by atoms with Crippen LogP contribution in [0.1, 0.15) is 33.6 Å². The topological polar surface area (TPSA) is 72.3 Å². The predicted octanol–water partition coefficient (Wildman–Crippen LogP) is 0.886. The molecule has 5 heteroatoms. The second-order valence-electron chi connectivity index (χ2n) is 4.69. The third-order valence-corrected chi connectivity index (χ3v) is 3.32. The molecule has 0 radical (unpaired) electrons. The highest BCUT2D eigenvalue weighted by Gasteiger charge is 2.21. The summed E-state index contributed by atoms with van der Waals surface area (Å²) in [7, 11) is 0. The number of rotatable bonds is 8. The first-order valence-electron chi connectivity index (χ1n) is 5.60. The van der Waals surface area contributed by atoms with Gasteiger partial charge in [0.15, 0.2) is 0 Å². The minimum Gasteiger partial charge on any atom is -0.393 e. The molecule has 0 saturated carbocycles. The van der Waals surface area contributed by atoms with Crippen LogP contribution in [0.15, 0.2) is 0 Å². The number of likely N-dealkylation sites (N-methyl/N-ethyl adjacent to an activating group) is 1. The minimum atomic E-state index is -0.282. The molecule has 0 unspecified atom stereocenters. The molecule has 0 aliphatic heterocycles. The monoisotopic (exact) mass is 245 g/mol. The number of carbonyl (C=O) groups excluding carboxylic acids is 1. The lowest BCUT2D eigenvalue weighted by atomic mass is 9.88. The molecule has 1 amide bonds. The summed E-state index contributed by atoms with van der Waals surface area (Å²) in [5, 5.41) is 0. The van der Waals surface area contributed by atoms with E-state index in [1.807, 2.05) is 25.7 Å². The fourth-order valence-electron chi connectivity index (χ4n) is 1.44. The van der Waals surface area contributed by atoms with Crippen LogP contribution in [-0.2, 0) is 4.79 Å². The minimum absolute atomic E-state index is 0.110. The van der Waals surface area contributed by atoms with E-state index < -0.39 is 0 Å². The predicted molar refractivity (Wildman–Crippen MR) is 71.1 cm³/mol. The summed E-state index contributed by atoms with van der Waals surface area (Å²) in [6, 6.07) is 0. The average molecular weight is 245 g/mol. The SMILES string of the molecule is CCN(CCCC(C)(C)C(N)=S)CC(N)=O. The van der Waals surface area contributed by atoms with Crippen LogP contribution in [0.25, 0.3) is 0 Å². The molecule has 0 aliphatic carbocycles. The van der Waals surface area contributed by atoms with E-state index in [4.69, 9.17) is 23.7 Å². The largest absolute Gasteiger partial charge is 0.393 e. The van der Waals surface area contributed by atoms with Gasteiger partial charge in [0.2, 0.25) is 5.91 Å². The number of thiocarbonyl (C=S) groups is 1. The van der Waals surface area contributed by atoms with Gasteiger partial charge in [-0.3, -0.25) is 9.69 Å². The Morgan fingerprint density at radius 1 is 1.38 bits per heavy atom. The number of amides is 1. The number of nitrogens with zero attached hydrogens (tertiary/aromatic N) is 1. The first kappa shape index (κ1) is 15.3. The molecule has 0 saturated heterocycles. The first-order valence-corrected chi connectivity index (χ1v) is 6.01. The van der Waals surface area contributed by atoms with Crippen molar-refractivity contribution in [2.75, 3.05) is 19.6 Å². The van der Waals surface area contributed by atoms with E-state index in [1.165, 1.54) is 0 Å². The van der Waals surface area contributed by atoms with E-state index in [2.05, 4.69) is 0 Å². The molecule has 4 nitrogen and oxygen atoms in total. The maximum Gasteiger partial charge on any atom is 0.231 e. The Labute approximate surface area is 103 Å². The van der Waals surface area contributed by atoms with E-state index in [-0.39, 0.29) is 11.3 Å². The van der Waals surface area contributed by atoms with Crippen molar-refractivity contribution in [3.63, 3.8) is 0 Å². The van der Waals surface area contributed by atoms with Gasteiger partial charge in [0.25, 0.3) is 0 Å². The van der Waals surface area contributed by atoms with Gasteiger partial charge < -0.3 is 11.5 Å². The van der Waals surface area contributed by atoms with Crippen molar-refractivity contribution >= 4 is 23.1 Å². The zero-order chi connectivity index (χ0) is 12.8. The molecular formula is C11H23N3OS. The zero-order valence-electron chi connectivity index (χ0n) is 10.5. The second-order valence-corrected chi connectivity index (χ2v) is 5.13. The van der Waals surface area contributed by atoms with Crippen LogP contribution in [0.4, 0.5) is 0 Å². The fraction of sp³-hybridized carbons (Fsp3) is 0.818. The Hall–Kier alpha value is -0.680. The normalized spacial score (nSPS) is 11.8. The summed E-state index contributed by atoms with van der Waals surface area (Å²) in [5.74, 6) is -0.282. The number of hydrogen-bond donors (Lipinski definition) is 2. The molecule has 0 aromatic rings. The summed E-state index contributed by atoms with van der Waals surface area (Å²) in [6.45, 7) is 8.10. The molecule has 0 spiro atoms. The summed E-state index contributed by atoms with van der Waals surface area (Å²) >= 11 is 5.00. The molecule has 16 heavy (non-hydrogen) atoms. The molecule has 0 aromatic carbocycles. The van der Waals surface area contributed by atoms with Gasteiger partial charge in [-0.2, -0.15) is 0 Å². The molecule has 4 N–H and O–H groups in total. The smallest absolute Gasteiger partial charge is 0.231 e. The van der Waals surface area contributed by atoms with Crippen LogP contribution in [0.5, 0.6) is 0 Å². The third kappa shape index (κ3) is 6.02. The number of primary amides is 1. The van der Waals surface area contributed by atoms with Crippen molar-refractivity contribution in [1.29, 1.82) is 0 Å². The molecule has 0 fully saturated rings. The van der Waals surface area contributed by atoms with Gasteiger partial charge in [-0.1, -0.05) is 33.0 Å². The molecule has 0 heterocycles. The van der Waals surface area contributed by atoms with E-state index in [1.54, 1.807) is 0 Å². The van der Waals surface area contributed by atoms with Gasteiger partial charge in [0.1, 0.15) is 0 Å². The van der Waals surface area contributed by atoms with Crippen molar-refractivity contribution in [3.05, 3.63) is 0 Å². The van der Waals surface area contributed by atoms with Crippen molar-refractivity contribution in [1.82, 2.24) is 4.90 Å². The quantitative estimate of drug-likeness (QED) is 0.623. The standard InChI is InChI=1S/C11H23N3OS/c1-4-14(8-9(12)15)7-5-6-11(2,3)10(13)16/h4-8H2,1-3H3,(H2,12,15)(H2,13,16). The van der Waals surface area contributed by atoms with Crippen molar-refractivity contribution in [3.8, 4) is 0 Å². The molecule has 0 atom stereocenters. The maximum atomic E-state index is 10.8. The molecule has 94 valence electrons. The van der Waals surface area contributed by atoms with Gasteiger partial charge in [-0.15, -0.1) is 0 Å². The first-order chi connectivity index (χ1) is 7.29. The summed E-state index contributed by atoms with van der Waals surface area (Å²) in [5.41, 5.74) is 10.7.